The van der Waals surface area contributed by atoms with E-state index in [2.05, 4.69) is 9.79 Å². The third-order valence-electron chi connectivity index (χ3n) is 5.13. The highest BCUT2D eigenvalue weighted by molar-refractivity contribution is 5.92. The monoisotopic (exact) mass is 310 g/mol. The van der Waals surface area contributed by atoms with Crippen LogP contribution in [-0.2, 0) is 16.8 Å². The van der Waals surface area contributed by atoms with Crippen molar-refractivity contribution in [2.45, 2.75) is 31.5 Å². The van der Waals surface area contributed by atoms with E-state index in [0.29, 0.717) is 55.5 Å². The van der Waals surface area contributed by atoms with Crippen LogP contribution in [-0.4, -0.2) is 58.1 Å². The van der Waals surface area contributed by atoms with Gasteiger partial charge in [0.15, 0.2) is 0 Å². The number of aromatic nitrogens is 2. The molecule has 1 N–H and O–H groups in total. The van der Waals surface area contributed by atoms with E-state index in [4.69, 9.17) is 4.74 Å². The molecule has 22 heavy (non-hydrogen) atoms. The molecule has 0 saturated carbocycles. The number of fused-ring (bicyclic) bond motifs is 3. The maximum Gasteiger partial charge on any atom is 0.263 e. The van der Waals surface area contributed by atoms with E-state index in [1.807, 2.05) is 11.8 Å². The SMILES string of the molecule is CC1C(N2CCOCC2)[N+]([O-])=C2CCc3c(no[n+]3[O-])C21O. The predicted molar refractivity (Wildman–Crippen MR) is 71.7 cm³/mol. The third kappa shape index (κ3) is 1.61. The number of ether oxygens (including phenoxy) is 1. The lowest BCUT2D eigenvalue weighted by molar-refractivity contribution is -0.808. The zero-order chi connectivity index (χ0) is 15.5. The van der Waals surface area contributed by atoms with Crippen LogP contribution >= 0.6 is 0 Å². The van der Waals surface area contributed by atoms with Crippen LogP contribution < -0.4 is 4.90 Å². The van der Waals surface area contributed by atoms with Crippen LogP contribution in [0.15, 0.2) is 4.63 Å². The molecule has 120 valence electrons. The Kier molecular flexibility index (Phi) is 2.94. The minimum Gasteiger partial charge on any atom is -0.623 e. The molecule has 3 unspecified atom stereocenters. The molecular weight excluding hydrogens is 292 g/mol. The van der Waals surface area contributed by atoms with Crippen molar-refractivity contribution in [3.63, 3.8) is 0 Å². The van der Waals surface area contributed by atoms with Gasteiger partial charge in [-0.3, -0.25) is 4.63 Å². The van der Waals surface area contributed by atoms with Gasteiger partial charge in [0.05, 0.1) is 19.1 Å². The molecule has 3 atom stereocenters. The van der Waals surface area contributed by atoms with Gasteiger partial charge in [-0.25, -0.2) is 4.90 Å². The normalized spacial score (nSPS) is 35.5. The first-order valence-electron chi connectivity index (χ1n) is 7.51. The highest BCUT2D eigenvalue weighted by atomic mass is 16.8. The average Bonchev–Trinajstić information content (AvgIpc) is 2.99. The first-order valence-corrected chi connectivity index (χ1v) is 7.51. The Bertz CT molecular complexity index is 638. The molecule has 1 aromatic heterocycles. The summed E-state index contributed by atoms with van der Waals surface area (Å²) in [6.07, 6.45) is 0.203. The molecule has 1 aromatic rings. The molecule has 9 heteroatoms. The fourth-order valence-electron chi connectivity index (χ4n) is 3.97. The molecule has 1 fully saturated rings. The lowest BCUT2D eigenvalue weighted by Crippen LogP contribution is -2.51. The number of hydrogen-bond acceptors (Lipinski definition) is 7. The molecule has 2 aliphatic heterocycles. The quantitative estimate of drug-likeness (QED) is 0.507. The van der Waals surface area contributed by atoms with Crippen LogP contribution in [0.1, 0.15) is 24.7 Å². The molecule has 3 heterocycles. The summed E-state index contributed by atoms with van der Waals surface area (Å²) >= 11 is 0. The number of rotatable bonds is 1. The number of hydrogen-bond donors (Lipinski definition) is 1. The highest BCUT2D eigenvalue weighted by Gasteiger charge is 2.65. The van der Waals surface area contributed by atoms with Crippen molar-refractivity contribution in [3.8, 4) is 0 Å². The van der Waals surface area contributed by atoms with Crippen molar-refractivity contribution in [1.82, 2.24) is 10.1 Å². The Morgan fingerprint density at radius 1 is 1.32 bits per heavy atom. The Labute approximate surface area is 126 Å². The Balaban J connectivity index is 1.78. The van der Waals surface area contributed by atoms with E-state index in [0.717, 1.165) is 4.74 Å². The summed E-state index contributed by atoms with van der Waals surface area (Å²) < 4.78 is 10.9. The second-order valence-corrected chi connectivity index (χ2v) is 6.11. The number of morpholine rings is 1. The third-order valence-corrected chi connectivity index (χ3v) is 5.13. The first-order chi connectivity index (χ1) is 10.5. The van der Waals surface area contributed by atoms with E-state index in [1.165, 1.54) is 0 Å². The molecule has 0 spiro atoms. The molecule has 0 amide bonds. The Morgan fingerprint density at radius 2 is 2.05 bits per heavy atom. The predicted octanol–water partition coefficient (Wildman–Crippen LogP) is -1.30. The van der Waals surface area contributed by atoms with Crippen molar-refractivity contribution >= 4 is 5.71 Å². The smallest absolute Gasteiger partial charge is 0.263 e. The molecule has 0 aromatic carbocycles. The second-order valence-electron chi connectivity index (χ2n) is 6.11. The van der Waals surface area contributed by atoms with Gasteiger partial charge >= 0.3 is 0 Å². The molecule has 0 bridgehead atoms. The second kappa shape index (κ2) is 4.64. The largest absolute Gasteiger partial charge is 0.623 e. The molecule has 4 rings (SSSR count). The lowest BCUT2D eigenvalue weighted by Gasteiger charge is -2.33. The van der Waals surface area contributed by atoms with Gasteiger partial charge in [-0.2, -0.15) is 4.74 Å². The zero-order valence-corrected chi connectivity index (χ0v) is 12.3. The van der Waals surface area contributed by atoms with Crippen LogP contribution in [0.2, 0.25) is 0 Å². The van der Waals surface area contributed by atoms with Crippen LogP contribution in [0.4, 0.5) is 0 Å². The zero-order valence-electron chi connectivity index (χ0n) is 12.3. The van der Waals surface area contributed by atoms with Gasteiger partial charge in [-0.1, -0.05) is 6.92 Å². The summed E-state index contributed by atoms with van der Waals surface area (Å²) in [7, 11) is 0. The topological polar surface area (TPSA) is 112 Å². The van der Waals surface area contributed by atoms with Gasteiger partial charge in [-0.15, -0.1) is 0 Å². The molecule has 1 aliphatic carbocycles. The van der Waals surface area contributed by atoms with E-state index >= 15 is 0 Å². The molecule has 3 aliphatic rings. The Hall–Kier alpha value is -1.71. The highest BCUT2D eigenvalue weighted by Crippen LogP contribution is 2.44. The number of aliphatic hydroxyl groups is 1. The minimum atomic E-state index is -1.53. The molecular formula is C13H18N4O5. The average molecular weight is 310 g/mol. The summed E-state index contributed by atoms with van der Waals surface area (Å²) in [4.78, 5) is 2.35. The maximum atomic E-state index is 12.8. The van der Waals surface area contributed by atoms with Gasteiger partial charge < -0.3 is 20.3 Å². The molecule has 1 saturated heterocycles. The standard InChI is InChI=1S/C13H18N4O5/c1-8-12(15-4-6-21-7-5-15)16(19)10-3-2-9-11(13(8,10)18)14-22-17(9)20/h8,12,18H,2-7H2,1H3. The summed E-state index contributed by atoms with van der Waals surface area (Å²) in [5.74, 6) is -0.415. The van der Waals surface area contributed by atoms with Gasteiger partial charge in [0.2, 0.25) is 23.2 Å². The van der Waals surface area contributed by atoms with E-state index < -0.39 is 17.7 Å². The van der Waals surface area contributed by atoms with Crippen molar-refractivity contribution in [3.05, 3.63) is 21.8 Å². The van der Waals surface area contributed by atoms with Gasteiger partial charge in [0.1, 0.15) is 0 Å². The summed E-state index contributed by atoms with van der Waals surface area (Å²) in [6, 6.07) is 0. The van der Waals surface area contributed by atoms with Crippen molar-refractivity contribution in [2.75, 3.05) is 26.3 Å². The fourth-order valence-corrected chi connectivity index (χ4v) is 3.97. The lowest BCUT2D eigenvalue weighted by atomic mass is 9.76. The van der Waals surface area contributed by atoms with Crippen molar-refractivity contribution < 1.29 is 24.1 Å². The van der Waals surface area contributed by atoms with Gasteiger partial charge in [-0.05, 0) is 4.90 Å². The molecule has 0 radical (unpaired) electrons. The minimum absolute atomic E-state index is 0.188. The van der Waals surface area contributed by atoms with E-state index in [-0.39, 0.29) is 5.69 Å². The summed E-state index contributed by atoms with van der Waals surface area (Å²) in [5.41, 5.74) is -0.655. The van der Waals surface area contributed by atoms with Crippen LogP contribution in [0.5, 0.6) is 0 Å². The fraction of sp³-hybridized carbons (Fsp3) is 0.769. The van der Waals surface area contributed by atoms with Gasteiger partial charge in [0, 0.05) is 31.1 Å². The summed E-state index contributed by atoms with van der Waals surface area (Å²) in [6.45, 7) is 4.24. The van der Waals surface area contributed by atoms with E-state index in [1.54, 1.807) is 0 Å². The van der Waals surface area contributed by atoms with Crippen molar-refractivity contribution in [1.29, 1.82) is 0 Å². The Morgan fingerprint density at radius 3 is 2.77 bits per heavy atom. The van der Waals surface area contributed by atoms with Crippen LogP contribution in [0.3, 0.4) is 0 Å². The number of hydroxylamine groups is 1. The van der Waals surface area contributed by atoms with Crippen LogP contribution in [0, 0.1) is 16.3 Å². The molecule has 9 nitrogen and oxygen atoms in total. The first kappa shape index (κ1) is 13.9. The number of nitrogens with zero attached hydrogens (tertiary/aromatic N) is 4. The van der Waals surface area contributed by atoms with Gasteiger partial charge in [0.25, 0.3) is 5.69 Å². The summed E-state index contributed by atoms with van der Waals surface area (Å²) in [5, 5.41) is 39.3. The van der Waals surface area contributed by atoms with Crippen LogP contribution in [0.25, 0.3) is 0 Å². The van der Waals surface area contributed by atoms with Crippen molar-refractivity contribution in [2.24, 2.45) is 5.92 Å². The maximum absolute atomic E-state index is 12.8. The van der Waals surface area contributed by atoms with E-state index in [9.17, 15) is 15.5 Å².